The number of benzene rings is 1. The summed E-state index contributed by atoms with van der Waals surface area (Å²) in [5.74, 6) is -0.709. The van der Waals surface area contributed by atoms with E-state index in [1.807, 2.05) is 0 Å². The van der Waals surface area contributed by atoms with E-state index in [9.17, 15) is 9.59 Å². The molecule has 0 saturated heterocycles. The monoisotopic (exact) mass is 326 g/mol. The molecule has 0 aliphatic heterocycles. The van der Waals surface area contributed by atoms with Crippen LogP contribution in [0.3, 0.4) is 0 Å². The lowest BCUT2D eigenvalue weighted by Crippen LogP contribution is -2.26. The lowest BCUT2D eigenvalue weighted by atomic mass is 10.1. The van der Waals surface area contributed by atoms with Gasteiger partial charge in [-0.3, -0.25) is 9.59 Å². The number of ketones is 1. The van der Waals surface area contributed by atoms with E-state index < -0.39 is 5.91 Å². The van der Waals surface area contributed by atoms with Crippen LogP contribution in [0.1, 0.15) is 26.4 Å². The number of aliphatic hydroxyl groups is 1. The molecule has 0 unspecified atom stereocenters. The average Bonchev–Trinajstić information content (AvgIpc) is 2.94. The van der Waals surface area contributed by atoms with Crippen LogP contribution < -0.4 is 5.32 Å². The van der Waals surface area contributed by atoms with E-state index in [1.165, 1.54) is 24.4 Å². The molecule has 3 N–H and O–H groups in total. The molecule has 7 heteroatoms. The van der Waals surface area contributed by atoms with Crippen LogP contribution in [0.15, 0.2) is 30.5 Å². The van der Waals surface area contributed by atoms with Crippen molar-refractivity contribution in [2.75, 3.05) is 13.2 Å². The van der Waals surface area contributed by atoms with Gasteiger partial charge >= 0.3 is 0 Å². The van der Waals surface area contributed by atoms with E-state index in [2.05, 4.69) is 10.3 Å². The van der Waals surface area contributed by atoms with Crippen LogP contribution in [0.4, 0.5) is 0 Å². The summed E-state index contributed by atoms with van der Waals surface area (Å²) in [6, 6.07) is 6.02. The number of carbonyl (C=O) groups is 2. The Morgan fingerprint density at radius 1 is 1.24 bits per heavy atom. The summed E-state index contributed by atoms with van der Waals surface area (Å²) < 4.78 is 0. The quantitative estimate of drug-likeness (QED) is 0.737. The maximum absolute atomic E-state index is 12.3. The molecule has 1 amide bonds. The van der Waals surface area contributed by atoms with E-state index >= 15 is 0 Å². The third-order valence-electron chi connectivity index (χ3n) is 2.76. The van der Waals surface area contributed by atoms with Crippen molar-refractivity contribution >= 4 is 34.9 Å². The number of halogens is 2. The van der Waals surface area contributed by atoms with E-state index in [1.54, 1.807) is 6.07 Å². The molecule has 0 aliphatic carbocycles. The van der Waals surface area contributed by atoms with Gasteiger partial charge in [-0.25, -0.2) is 0 Å². The van der Waals surface area contributed by atoms with Crippen LogP contribution in [0, 0.1) is 0 Å². The number of rotatable bonds is 5. The summed E-state index contributed by atoms with van der Waals surface area (Å²) >= 11 is 11.8. The Kier molecular flexibility index (Phi) is 5.01. The van der Waals surface area contributed by atoms with Gasteiger partial charge in [0, 0.05) is 28.9 Å². The van der Waals surface area contributed by atoms with Crippen molar-refractivity contribution in [2.45, 2.75) is 0 Å². The Morgan fingerprint density at radius 2 is 2.00 bits per heavy atom. The minimum atomic E-state index is -0.398. The fraction of sp³-hybridized carbons (Fsp3) is 0.143. The molecule has 1 aromatic carbocycles. The summed E-state index contributed by atoms with van der Waals surface area (Å²) in [6.45, 7) is -0.0111. The number of nitrogens with one attached hydrogen (secondary N) is 2. The van der Waals surface area contributed by atoms with E-state index in [0.717, 1.165) is 0 Å². The third kappa shape index (κ3) is 3.64. The molecule has 0 radical (unpaired) electrons. The van der Waals surface area contributed by atoms with Crippen molar-refractivity contribution in [1.29, 1.82) is 0 Å². The van der Waals surface area contributed by atoms with Gasteiger partial charge < -0.3 is 15.4 Å². The molecule has 2 rings (SSSR count). The van der Waals surface area contributed by atoms with Gasteiger partial charge in [0.05, 0.1) is 11.6 Å². The zero-order valence-electron chi connectivity index (χ0n) is 10.8. The van der Waals surface area contributed by atoms with Gasteiger partial charge in [-0.05, 0) is 24.3 Å². The molecule has 21 heavy (non-hydrogen) atoms. The van der Waals surface area contributed by atoms with Crippen LogP contribution in [0.5, 0.6) is 0 Å². The summed E-state index contributed by atoms with van der Waals surface area (Å²) in [5.41, 5.74) is 0.854. The molecule has 0 fully saturated rings. The number of aromatic nitrogens is 1. The van der Waals surface area contributed by atoms with Gasteiger partial charge in [0.2, 0.25) is 0 Å². The summed E-state index contributed by atoms with van der Waals surface area (Å²) in [6.07, 6.45) is 1.43. The molecule has 0 spiro atoms. The zero-order valence-corrected chi connectivity index (χ0v) is 12.3. The Morgan fingerprint density at radius 3 is 2.67 bits per heavy atom. The molecule has 0 atom stereocenters. The molecule has 5 nitrogen and oxygen atoms in total. The van der Waals surface area contributed by atoms with Crippen molar-refractivity contribution in [3.8, 4) is 0 Å². The predicted octanol–water partition coefficient (Wildman–Crippen LogP) is 2.27. The standard InChI is InChI=1S/C14H12Cl2N2O3/c15-9-1-2-10(11(16)6-9)13(20)8-5-12(18-7-8)14(21)17-3-4-19/h1-2,5-7,18-19H,3-4H2,(H,17,21). The van der Waals surface area contributed by atoms with Crippen molar-refractivity contribution < 1.29 is 14.7 Å². The highest BCUT2D eigenvalue weighted by molar-refractivity contribution is 6.37. The van der Waals surface area contributed by atoms with Crippen molar-refractivity contribution in [3.05, 3.63) is 57.3 Å². The normalized spacial score (nSPS) is 10.4. The number of amides is 1. The fourth-order valence-electron chi connectivity index (χ4n) is 1.75. The Labute approximate surface area is 130 Å². The Hall–Kier alpha value is -1.82. The first-order valence-electron chi connectivity index (χ1n) is 6.10. The molecule has 0 bridgehead atoms. The van der Waals surface area contributed by atoms with Gasteiger partial charge in [0.1, 0.15) is 5.69 Å². The zero-order chi connectivity index (χ0) is 15.4. The molecule has 110 valence electrons. The highest BCUT2D eigenvalue weighted by atomic mass is 35.5. The van der Waals surface area contributed by atoms with E-state index in [4.69, 9.17) is 28.3 Å². The summed E-state index contributed by atoms with van der Waals surface area (Å²) in [7, 11) is 0. The number of H-pyrrole nitrogens is 1. The smallest absolute Gasteiger partial charge is 0.267 e. The van der Waals surface area contributed by atoms with E-state index in [0.29, 0.717) is 16.1 Å². The number of carbonyl (C=O) groups excluding carboxylic acids is 2. The second-order valence-corrected chi connectivity index (χ2v) is 5.08. The molecular weight excluding hydrogens is 315 g/mol. The second-order valence-electron chi connectivity index (χ2n) is 4.23. The third-order valence-corrected chi connectivity index (χ3v) is 3.31. The fourth-order valence-corrected chi connectivity index (χ4v) is 2.24. The maximum atomic E-state index is 12.3. The number of aromatic amines is 1. The first-order chi connectivity index (χ1) is 10.0. The first kappa shape index (κ1) is 15.6. The molecule has 2 aromatic rings. The average molecular weight is 327 g/mol. The second kappa shape index (κ2) is 6.76. The SMILES string of the molecule is O=C(NCCO)c1cc(C(=O)c2ccc(Cl)cc2Cl)c[nH]1. The lowest BCUT2D eigenvalue weighted by molar-refractivity contribution is 0.0940. The van der Waals surface area contributed by atoms with Gasteiger partial charge in [0.15, 0.2) is 5.78 Å². The predicted molar refractivity (Wildman–Crippen MR) is 80.1 cm³/mol. The van der Waals surface area contributed by atoms with Gasteiger partial charge in [0.25, 0.3) is 5.91 Å². The van der Waals surface area contributed by atoms with Gasteiger partial charge in [-0.2, -0.15) is 0 Å². The number of aliphatic hydroxyl groups excluding tert-OH is 1. The summed E-state index contributed by atoms with van der Waals surface area (Å²) in [5, 5.41) is 11.8. The summed E-state index contributed by atoms with van der Waals surface area (Å²) in [4.78, 5) is 26.7. The molecule has 1 aromatic heterocycles. The van der Waals surface area contributed by atoms with Gasteiger partial charge in [-0.15, -0.1) is 0 Å². The van der Waals surface area contributed by atoms with Crippen LogP contribution in [-0.4, -0.2) is 34.9 Å². The first-order valence-corrected chi connectivity index (χ1v) is 6.85. The Balaban J connectivity index is 2.21. The minimum Gasteiger partial charge on any atom is -0.395 e. The van der Waals surface area contributed by atoms with Crippen LogP contribution in [-0.2, 0) is 0 Å². The molecule has 1 heterocycles. The van der Waals surface area contributed by atoms with Crippen LogP contribution in [0.2, 0.25) is 10.0 Å². The van der Waals surface area contributed by atoms with Gasteiger partial charge in [-0.1, -0.05) is 23.2 Å². The number of hydrogen-bond donors (Lipinski definition) is 3. The molecule has 0 aliphatic rings. The molecule has 0 saturated carbocycles. The number of hydrogen-bond acceptors (Lipinski definition) is 3. The van der Waals surface area contributed by atoms with E-state index in [-0.39, 0.29) is 29.7 Å². The highest BCUT2D eigenvalue weighted by Gasteiger charge is 2.16. The maximum Gasteiger partial charge on any atom is 0.267 e. The lowest BCUT2D eigenvalue weighted by Gasteiger charge is -2.02. The topological polar surface area (TPSA) is 82.2 Å². The van der Waals surface area contributed by atoms with Crippen LogP contribution >= 0.6 is 23.2 Å². The van der Waals surface area contributed by atoms with Crippen LogP contribution in [0.25, 0.3) is 0 Å². The largest absolute Gasteiger partial charge is 0.395 e. The highest BCUT2D eigenvalue weighted by Crippen LogP contribution is 2.23. The molecular formula is C14H12Cl2N2O3. The van der Waals surface area contributed by atoms with Crippen molar-refractivity contribution in [3.63, 3.8) is 0 Å². The van der Waals surface area contributed by atoms with Crippen molar-refractivity contribution in [2.24, 2.45) is 0 Å². The minimum absolute atomic E-state index is 0.143. The van der Waals surface area contributed by atoms with Crippen molar-refractivity contribution in [1.82, 2.24) is 10.3 Å². The Bertz CT molecular complexity index is 683.